The smallest absolute Gasteiger partial charge is 0.211 e. The third-order valence-corrected chi connectivity index (χ3v) is 2.96. The maximum absolute atomic E-state index is 10.6. The summed E-state index contributed by atoms with van der Waals surface area (Å²) in [6.45, 7) is 2.08. The van der Waals surface area contributed by atoms with Crippen LogP contribution in [-0.2, 0) is 11.2 Å². The van der Waals surface area contributed by atoms with Gasteiger partial charge in [-0.2, -0.15) is 0 Å². The summed E-state index contributed by atoms with van der Waals surface area (Å²) in [5.74, 6) is 1.86. The zero-order valence-corrected chi connectivity index (χ0v) is 11.6. The number of methoxy groups -OCH3 is 1. The monoisotopic (exact) mass is 271 g/mol. The second-order valence-electron chi connectivity index (χ2n) is 4.20. The molecule has 0 aromatic heterocycles. The topological polar surface area (TPSA) is 47.6 Å². The number of benzene rings is 2. The van der Waals surface area contributed by atoms with Crippen molar-refractivity contribution in [2.75, 3.05) is 12.4 Å². The molecule has 0 radical (unpaired) electrons. The van der Waals surface area contributed by atoms with Crippen molar-refractivity contribution < 1.29 is 14.3 Å². The van der Waals surface area contributed by atoms with Crippen LogP contribution >= 0.6 is 0 Å². The molecule has 0 bridgehead atoms. The second-order valence-corrected chi connectivity index (χ2v) is 4.20. The number of hydrogen-bond donors (Lipinski definition) is 1. The number of carbonyl (C=O) groups is 1. The molecule has 0 fully saturated rings. The van der Waals surface area contributed by atoms with Gasteiger partial charge in [-0.05, 0) is 36.2 Å². The van der Waals surface area contributed by atoms with Crippen LogP contribution in [-0.4, -0.2) is 13.5 Å². The predicted octanol–water partition coefficient (Wildman–Crippen LogP) is 3.62. The summed E-state index contributed by atoms with van der Waals surface area (Å²) in [6.07, 6.45) is 1.56. The average molecular weight is 271 g/mol. The van der Waals surface area contributed by atoms with Crippen LogP contribution in [0.15, 0.2) is 42.5 Å². The molecule has 2 aromatic carbocycles. The lowest BCUT2D eigenvalue weighted by Gasteiger charge is -2.13. The Morgan fingerprint density at radius 3 is 2.60 bits per heavy atom. The number of anilines is 1. The van der Waals surface area contributed by atoms with Crippen LogP contribution in [0.5, 0.6) is 17.2 Å². The number of hydrogen-bond acceptors (Lipinski definition) is 3. The fourth-order valence-electron chi connectivity index (χ4n) is 1.87. The largest absolute Gasteiger partial charge is 0.493 e. The van der Waals surface area contributed by atoms with Gasteiger partial charge < -0.3 is 14.8 Å². The van der Waals surface area contributed by atoms with E-state index in [-0.39, 0.29) is 0 Å². The van der Waals surface area contributed by atoms with Gasteiger partial charge in [-0.25, -0.2) is 0 Å². The molecule has 4 nitrogen and oxygen atoms in total. The third-order valence-electron chi connectivity index (χ3n) is 2.96. The van der Waals surface area contributed by atoms with Crippen LogP contribution in [0.1, 0.15) is 12.5 Å². The van der Waals surface area contributed by atoms with Gasteiger partial charge in [-0.1, -0.05) is 25.1 Å². The highest BCUT2D eigenvalue weighted by Gasteiger charge is 2.09. The minimum absolute atomic E-state index is 0.571. The number of para-hydroxylation sites is 2. The molecule has 0 aliphatic carbocycles. The third kappa shape index (κ3) is 3.09. The Kier molecular flexibility index (Phi) is 4.60. The van der Waals surface area contributed by atoms with Crippen molar-refractivity contribution in [3.05, 3.63) is 48.0 Å². The van der Waals surface area contributed by atoms with Crippen LogP contribution in [0, 0.1) is 0 Å². The molecular formula is C16H17NO3. The highest BCUT2D eigenvalue weighted by molar-refractivity contribution is 5.75. The summed E-state index contributed by atoms with van der Waals surface area (Å²) in [6, 6.07) is 13.1. The minimum Gasteiger partial charge on any atom is -0.493 e. The molecular weight excluding hydrogens is 254 g/mol. The fourth-order valence-corrected chi connectivity index (χ4v) is 1.87. The van der Waals surface area contributed by atoms with Crippen molar-refractivity contribution in [3.63, 3.8) is 0 Å². The zero-order chi connectivity index (χ0) is 14.4. The molecule has 104 valence electrons. The number of carbonyl (C=O) groups excluding carboxylic acids is 1. The lowest BCUT2D eigenvalue weighted by atomic mass is 10.1. The minimum atomic E-state index is 0.571. The zero-order valence-electron chi connectivity index (χ0n) is 11.6. The van der Waals surface area contributed by atoms with Gasteiger partial charge in [-0.15, -0.1) is 0 Å². The van der Waals surface area contributed by atoms with Crippen molar-refractivity contribution in [2.24, 2.45) is 0 Å². The van der Waals surface area contributed by atoms with E-state index in [1.807, 2.05) is 30.3 Å². The Morgan fingerprint density at radius 1 is 1.10 bits per heavy atom. The SMILES string of the molecule is CCc1ccc(Oc2ccccc2NC=O)c(OC)c1. The second kappa shape index (κ2) is 6.61. The van der Waals surface area contributed by atoms with Gasteiger partial charge in [0, 0.05) is 0 Å². The Morgan fingerprint density at radius 2 is 1.90 bits per heavy atom. The first-order chi connectivity index (χ1) is 9.78. The van der Waals surface area contributed by atoms with Crippen LogP contribution in [0.3, 0.4) is 0 Å². The first-order valence-electron chi connectivity index (χ1n) is 6.42. The Bertz CT molecular complexity index is 596. The standard InChI is InChI=1S/C16H17NO3/c1-3-12-8-9-15(16(10-12)19-2)20-14-7-5-4-6-13(14)17-11-18/h4-11H,3H2,1-2H3,(H,17,18). The summed E-state index contributed by atoms with van der Waals surface area (Å²) < 4.78 is 11.2. The van der Waals surface area contributed by atoms with E-state index in [4.69, 9.17) is 9.47 Å². The van der Waals surface area contributed by atoms with E-state index in [2.05, 4.69) is 12.2 Å². The van der Waals surface area contributed by atoms with Gasteiger partial charge >= 0.3 is 0 Å². The quantitative estimate of drug-likeness (QED) is 0.816. The molecule has 0 aliphatic heterocycles. The summed E-state index contributed by atoms with van der Waals surface area (Å²) in [5, 5.41) is 2.61. The van der Waals surface area contributed by atoms with Crippen LogP contribution < -0.4 is 14.8 Å². The first kappa shape index (κ1) is 13.9. The van der Waals surface area contributed by atoms with Crippen molar-refractivity contribution in [1.29, 1.82) is 0 Å². The van der Waals surface area contributed by atoms with E-state index >= 15 is 0 Å². The molecule has 0 saturated carbocycles. The number of amides is 1. The molecule has 0 heterocycles. The van der Waals surface area contributed by atoms with Gasteiger partial charge in [0.05, 0.1) is 12.8 Å². The summed E-state index contributed by atoms with van der Waals surface area (Å²) >= 11 is 0. The summed E-state index contributed by atoms with van der Waals surface area (Å²) in [5.41, 5.74) is 1.79. The van der Waals surface area contributed by atoms with E-state index in [9.17, 15) is 4.79 Å². The molecule has 0 spiro atoms. The molecule has 1 amide bonds. The van der Waals surface area contributed by atoms with E-state index in [1.165, 1.54) is 5.56 Å². The van der Waals surface area contributed by atoms with Crippen LogP contribution in [0.4, 0.5) is 5.69 Å². The Hall–Kier alpha value is -2.49. The van der Waals surface area contributed by atoms with Gasteiger partial charge in [0.25, 0.3) is 0 Å². The van der Waals surface area contributed by atoms with Crippen LogP contribution in [0.2, 0.25) is 0 Å². The van der Waals surface area contributed by atoms with Crippen molar-refractivity contribution in [3.8, 4) is 17.2 Å². The molecule has 4 heteroatoms. The number of rotatable bonds is 6. The molecule has 0 unspecified atom stereocenters. The maximum atomic E-state index is 10.6. The lowest BCUT2D eigenvalue weighted by Crippen LogP contribution is -1.98. The van der Waals surface area contributed by atoms with E-state index in [1.54, 1.807) is 19.2 Å². The number of nitrogens with one attached hydrogen (secondary N) is 1. The van der Waals surface area contributed by atoms with E-state index in [0.29, 0.717) is 29.3 Å². The van der Waals surface area contributed by atoms with Crippen molar-refractivity contribution >= 4 is 12.1 Å². The first-order valence-corrected chi connectivity index (χ1v) is 6.42. The Balaban J connectivity index is 2.32. The molecule has 2 rings (SSSR count). The summed E-state index contributed by atoms with van der Waals surface area (Å²) in [4.78, 5) is 10.6. The lowest BCUT2D eigenvalue weighted by molar-refractivity contribution is -0.105. The van der Waals surface area contributed by atoms with E-state index < -0.39 is 0 Å². The number of aryl methyl sites for hydroxylation is 1. The van der Waals surface area contributed by atoms with Gasteiger partial charge in [-0.3, -0.25) is 4.79 Å². The van der Waals surface area contributed by atoms with Gasteiger partial charge in [0.2, 0.25) is 6.41 Å². The van der Waals surface area contributed by atoms with Crippen LogP contribution in [0.25, 0.3) is 0 Å². The predicted molar refractivity (Wildman–Crippen MR) is 78.6 cm³/mol. The number of ether oxygens (including phenoxy) is 2. The van der Waals surface area contributed by atoms with Gasteiger partial charge in [0.1, 0.15) is 0 Å². The fraction of sp³-hybridized carbons (Fsp3) is 0.188. The molecule has 0 saturated heterocycles. The maximum Gasteiger partial charge on any atom is 0.211 e. The molecule has 2 aromatic rings. The molecule has 0 aliphatic rings. The molecule has 0 atom stereocenters. The highest BCUT2D eigenvalue weighted by Crippen LogP contribution is 2.35. The van der Waals surface area contributed by atoms with E-state index in [0.717, 1.165) is 6.42 Å². The summed E-state index contributed by atoms with van der Waals surface area (Å²) in [7, 11) is 1.61. The van der Waals surface area contributed by atoms with Gasteiger partial charge in [0.15, 0.2) is 17.2 Å². The van der Waals surface area contributed by atoms with Crippen molar-refractivity contribution in [2.45, 2.75) is 13.3 Å². The highest BCUT2D eigenvalue weighted by atomic mass is 16.5. The molecule has 1 N–H and O–H groups in total. The Labute approximate surface area is 118 Å². The normalized spacial score (nSPS) is 9.90. The average Bonchev–Trinajstić information content (AvgIpc) is 2.50. The molecule has 20 heavy (non-hydrogen) atoms. The van der Waals surface area contributed by atoms with Crippen molar-refractivity contribution in [1.82, 2.24) is 0 Å².